The fourth-order valence-electron chi connectivity index (χ4n) is 3.11. The van der Waals surface area contributed by atoms with E-state index < -0.39 is 5.97 Å². The third-order valence-electron chi connectivity index (χ3n) is 4.59. The van der Waals surface area contributed by atoms with Gasteiger partial charge in [-0.15, -0.1) is 0 Å². The van der Waals surface area contributed by atoms with Crippen molar-refractivity contribution in [2.75, 3.05) is 12.4 Å². The Morgan fingerprint density at radius 2 is 1.58 bits per heavy atom. The molecule has 0 aliphatic rings. The minimum Gasteiger partial charge on any atom is -0.465 e. The van der Waals surface area contributed by atoms with Crippen LogP contribution < -0.4 is 5.32 Å². The minimum atomic E-state index is -0.600. The SMILES string of the molecule is COC(=O)c1c(CC(=O)Nc2ccc(N=Nc3ccccc3)cc2)[nH]c(C(C)=O)c1C. The predicted molar refractivity (Wildman–Crippen MR) is 116 cm³/mol. The molecule has 31 heavy (non-hydrogen) atoms. The highest BCUT2D eigenvalue weighted by atomic mass is 16.5. The first-order valence-corrected chi connectivity index (χ1v) is 9.56. The highest BCUT2D eigenvalue weighted by Gasteiger charge is 2.24. The van der Waals surface area contributed by atoms with Crippen LogP contribution in [0.15, 0.2) is 64.8 Å². The van der Waals surface area contributed by atoms with E-state index in [0.29, 0.717) is 22.6 Å². The molecule has 2 aromatic carbocycles. The summed E-state index contributed by atoms with van der Waals surface area (Å²) in [5.41, 5.74) is 3.25. The summed E-state index contributed by atoms with van der Waals surface area (Å²) in [6.45, 7) is 3.03. The van der Waals surface area contributed by atoms with Crippen molar-refractivity contribution in [2.45, 2.75) is 20.3 Å². The highest BCUT2D eigenvalue weighted by molar-refractivity contribution is 6.02. The molecule has 158 valence electrons. The lowest BCUT2D eigenvalue weighted by Gasteiger charge is -2.06. The van der Waals surface area contributed by atoms with Gasteiger partial charge in [-0.1, -0.05) is 18.2 Å². The Bertz CT molecular complexity index is 1130. The van der Waals surface area contributed by atoms with Crippen LogP contribution in [0.3, 0.4) is 0 Å². The summed E-state index contributed by atoms with van der Waals surface area (Å²) in [6.07, 6.45) is -0.117. The van der Waals surface area contributed by atoms with E-state index in [1.54, 1.807) is 31.2 Å². The van der Waals surface area contributed by atoms with Gasteiger partial charge in [-0.3, -0.25) is 9.59 Å². The Morgan fingerprint density at radius 3 is 2.16 bits per heavy atom. The van der Waals surface area contributed by atoms with Gasteiger partial charge in [0.2, 0.25) is 5.91 Å². The van der Waals surface area contributed by atoms with E-state index in [1.165, 1.54) is 14.0 Å². The van der Waals surface area contributed by atoms with Crippen molar-refractivity contribution < 1.29 is 19.1 Å². The summed E-state index contributed by atoms with van der Waals surface area (Å²) >= 11 is 0. The van der Waals surface area contributed by atoms with Gasteiger partial charge in [0.05, 0.1) is 36.2 Å². The molecular formula is C23H22N4O4. The van der Waals surface area contributed by atoms with Crippen molar-refractivity contribution in [3.63, 3.8) is 0 Å². The van der Waals surface area contributed by atoms with Crippen LogP contribution in [0.5, 0.6) is 0 Å². The number of hydrogen-bond donors (Lipinski definition) is 2. The fraction of sp³-hybridized carbons (Fsp3) is 0.174. The molecule has 0 spiro atoms. The first-order valence-electron chi connectivity index (χ1n) is 9.56. The number of H-pyrrole nitrogens is 1. The van der Waals surface area contributed by atoms with Gasteiger partial charge in [0.25, 0.3) is 0 Å². The fourth-order valence-corrected chi connectivity index (χ4v) is 3.11. The molecule has 0 aliphatic carbocycles. The number of azo groups is 1. The van der Waals surface area contributed by atoms with Gasteiger partial charge in [0.1, 0.15) is 0 Å². The van der Waals surface area contributed by atoms with Gasteiger partial charge in [-0.05, 0) is 48.9 Å². The van der Waals surface area contributed by atoms with E-state index in [9.17, 15) is 14.4 Å². The number of hydrogen-bond acceptors (Lipinski definition) is 6. The summed E-state index contributed by atoms with van der Waals surface area (Å²) in [4.78, 5) is 39.3. The molecule has 0 radical (unpaired) electrons. The van der Waals surface area contributed by atoms with Gasteiger partial charge in [-0.25, -0.2) is 4.79 Å². The van der Waals surface area contributed by atoms with E-state index >= 15 is 0 Å². The van der Waals surface area contributed by atoms with Crippen LogP contribution in [0.4, 0.5) is 17.1 Å². The van der Waals surface area contributed by atoms with Crippen LogP contribution in [0.2, 0.25) is 0 Å². The van der Waals surface area contributed by atoms with E-state index in [1.807, 2.05) is 30.3 Å². The van der Waals surface area contributed by atoms with Gasteiger partial charge < -0.3 is 15.0 Å². The maximum absolute atomic E-state index is 12.5. The number of methoxy groups -OCH3 is 1. The molecule has 0 aliphatic heterocycles. The molecule has 0 bridgehead atoms. The number of aromatic amines is 1. The van der Waals surface area contributed by atoms with Crippen LogP contribution in [0.1, 0.15) is 39.0 Å². The number of nitrogens with one attached hydrogen (secondary N) is 2. The second kappa shape index (κ2) is 9.62. The zero-order valence-corrected chi connectivity index (χ0v) is 17.4. The molecule has 0 unspecified atom stereocenters. The van der Waals surface area contributed by atoms with Crippen LogP contribution >= 0.6 is 0 Å². The average molecular weight is 418 g/mol. The molecule has 3 aromatic rings. The highest BCUT2D eigenvalue weighted by Crippen LogP contribution is 2.22. The van der Waals surface area contributed by atoms with Crippen molar-refractivity contribution in [1.29, 1.82) is 0 Å². The Balaban J connectivity index is 1.70. The summed E-state index contributed by atoms with van der Waals surface area (Å²) in [6, 6.07) is 16.2. The van der Waals surface area contributed by atoms with Crippen molar-refractivity contribution in [3.05, 3.63) is 77.1 Å². The number of rotatable bonds is 7. The molecule has 8 nitrogen and oxygen atoms in total. The number of esters is 1. The summed E-state index contributed by atoms with van der Waals surface area (Å²) in [7, 11) is 1.25. The molecule has 8 heteroatoms. The molecule has 1 aromatic heterocycles. The predicted octanol–water partition coefficient (Wildman–Crippen LogP) is 4.91. The number of carbonyl (C=O) groups excluding carboxylic acids is 3. The normalized spacial score (nSPS) is 10.8. The van der Waals surface area contributed by atoms with E-state index in [2.05, 4.69) is 20.5 Å². The van der Waals surface area contributed by atoms with Gasteiger partial charge in [-0.2, -0.15) is 10.2 Å². The molecule has 0 saturated heterocycles. The number of anilines is 1. The maximum Gasteiger partial charge on any atom is 0.339 e. The van der Waals surface area contributed by atoms with Crippen molar-refractivity contribution in [2.24, 2.45) is 10.2 Å². The molecule has 1 amide bonds. The largest absolute Gasteiger partial charge is 0.465 e. The molecule has 2 N–H and O–H groups in total. The molecule has 0 atom stereocenters. The number of ether oxygens (including phenoxy) is 1. The lowest BCUT2D eigenvalue weighted by molar-refractivity contribution is -0.115. The summed E-state index contributed by atoms with van der Waals surface area (Å²) < 4.78 is 4.80. The van der Waals surface area contributed by atoms with Crippen LogP contribution in [0.25, 0.3) is 0 Å². The second-order valence-electron chi connectivity index (χ2n) is 6.83. The number of benzene rings is 2. The summed E-state index contributed by atoms with van der Waals surface area (Å²) in [5, 5.41) is 11.1. The lowest BCUT2D eigenvalue weighted by atomic mass is 10.1. The monoisotopic (exact) mass is 418 g/mol. The Hall–Kier alpha value is -4.07. The number of ketones is 1. The van der Waals surface area contributed by atoms with Crippen molar-refractivity contribution in [1.82, 2.24) is 4.98 Å². The van der Waals surface area contributed by atoms with Crippen LogP contribution in [-0.2, 0) is 16.0 Å². The third-order valence-corrected chi connectivity index (χ3v) is 4.59. The van der Waals surface area contributed by atoms with Gasteiger partial charge in [0.15, 0.2) is 5.78 Å². The first kappa shape index (κ1) is 21.6. The summed E-state index contributed by atoms with van der Waals surface area (Å²) in [5.74, 6) is -1.17. The zero-order valence-electron chi connectivity index (χ0n) is 17.4. The van der Waals surface area contributed by atoms with Crippen molar-refractivity contribution in [3.8, 4) is 0 Å². The van der Waals surface area contributed by atoms with Crippen molar-refractivity contribution >= 4 is 34.7 Å². The van der Waals surface area contributed by atoms with E-state index in [0.717, 1.165) is 5.69 Å². The topological polar surface area (TPSA) is 113 Å². The number of amides is 1. The number of aromatic nitrogens is 1. The van der Waals surface area contributed by atoms with E-state index in [-0.39, 0.29) is 29.4 Å². The number of nitrogens with zero attached hydrogens (tertiary/aromatic N) is 2. The number of carbonyl (C=O) groups is 3. The second-order valence-corrected chi connectivity index (χ2v) is 6.83. The number of Topliss-reactive ketones (excluding diaryl/α,β-unsaturated/α-hetero) is 1. The van der Waals surface area contributed by atoms with Gasteiger partial charge >= 0.3 is 5.97 Å². The van der Waals surface area contributed by atoms with Gasteiger partial charge in [0, 0.05) is 18.3 Å². The van der Waals surface area contributed by atoms with Crippen LogP contribution in [-0.4, -0.2) is 29.8 Å². The maximum atomic E-state index is 12.5. The standard InChI is InChI=1S/C23H22N4O4/c1-14-21(23(30)31-3)19(25-22(14)15(2)28)13-20(29)24-16-9-11-18(12-10-16)27-26-17-7-5-4-6-8-17/h4-12,25H,13H2,1-3H3,(H,24,29). The Kier molecular flexibility index (Phi) is 6.71. The Morgan fingerprint density at radius 1 is 0.968 bits per heavy atom. The quantitative estimate of drug-likeness (QED) is 0.322. The third kappa shape index (κ3) is 5.30. The van der Waals surface area contributed by atoms with Crippen LogP contribution in [0, 0.1) is 6.92 Å². The molecule has 0 saturated carbocycles. The van der Waals surface area contributed by atoms with E-state index in [4.69, 9.17) is 4.74 Å². The lowest BCUT2D eigenvalue weighted by Crippen LogP contribution is -2.17. The molecule has 1 heterocycles. The smallest absolute Gasteiger partial charge is 0.339 e. The average Bonchev–Trinajstić information content (AvgIpc) is 3.09. The molecule has 0 fully saturated rings. The zero-order chi connectivity index (χ0) is 22.4. The molecule has 3 rings (SSSR count). The minimum absolute atomic E-state index is 0.117. The first-order chi connectivity index (χ1) is 14.9. The molecular weight excluding hydrogens is 396 g/mol. The Labute approximate surface area is 179 Å².